The molecule has 0 saturated heterocycles. The van der Waals surface area contributed by atoms with Crippen molar-refractivity contribution in [1.82, 2.24) is 0 Å². The van der Waals surface area contributed by atoms with Gasteiger partial charge < -0.3 is 40.2 Å². The van der Waals surface area contributed by atoms with Crippen molar-refractivity contribution in [3.8, 4) is 34.5 Å². The molecule has 0 aliphatic rings. The van der Waals surface area contributed by atoms with E-state index in [-0.39, 0.29) is 39.4 Å². The van der Waals surface area contributed by atoms with E-state index in [2.05, 4.69) is 23.6 Å². The number of aliphatic imine (C=N–C) groups is 2. The Morgan fingerprint density at radius 2 is 0.939 bits per heavy atom. The van der Waals surface area contributed by atoms with Crippen LogP contribution in [0.15, 0.2) is 58.5 Å². The SMILES string of the molecule is Oc1cc(O)c(O)c(C=Nc2ccccc2N=Cc2cc(O)cc(O)c2O)c1.[CH-]=O.[CH-]=O.[Co+2]. The number of phenols is 6. The van der Waals surface area contributed by atoms with Crippen LogP contribution in [0.2, 0.25) is 0 Å². The van der Waals surface area contributed by atoms with Crippen LogP contribution in [0.5, 0.6) is 34.5 Å². The van der Waals surface area contributed by atoms with Crippen molar-refractivity contribution >= 4 is 37.4 Å². The van der Waals surface area contributed by atoms with Gasteiger partial charge in [-0.3, -0.25) is 23.6 Å². The number of nitrogens with zero attached hydrogens (tertiary/aromatic N) is 2. The van der Waals surface area contributed by atoms with Crippen LogP contribution in [0.3, 0.4) is 0 Å². The molecule has 0 fully saturated rings. The topological polar surface area (TPSA) is 180 Å². The van der Waals surface area contributed by atoms with Crippen molar-refractivity contribution in [2.45, 2.75) is 0 Å². The van der Waals surface area contributed by atoms with Crippen LogP contribution in [0.25, 0.3) is 0 Å². The van der Waals surface area contributed by atoms with Crippen LogP contribution in [-0.2, 0) is 26.4 Å². The summed E-state index contributed by atoms with van der Waals surface area (Å²) in [4.78, 5) is 23.9. The second kappa shape index (κ2) is 13.9. The number of hydrogen-bond acceptors (Lipinski definition) is 10. The van der Waals surface area contributed by atoms with Gasteiger partial charge in [-0.05, 0) is 24.3 Å². The number of rotatable bonds is 4. The summed E-state index contributed by atoms with van der Waals surface area (Å²) < 4.78 is 0. The monoisotopic (exact) mass is 497 g/mol. The van der Waals surface area contributed by atoms with E-state index in [9.17, 15) is 30.6 Å². The first-order chi connectivity index (χ1) is 15.3. The normalized spacial score (nSPS) is 9.94. The van der Waals surface area contributed by atoms with E-state index < -0.39 is 23.0 Å². The summed E-state index contributed by atoms with van der Waals surface area (Å²) in [6.45, 7) is 6.50. The van der Waals surface area contributed by atoms with Gasteiger partial charge in [-0.25, -0.2) is 0 Å². The van der Waals surface area contributed by atoms with E-state index in [1.807, 2.05) is 0 Å². The van der Waals surface area contributed by atoms with E-state index in [0.29, 0.717) is 11.4 Å². The third-order valence-electron chi connectivity index (χ3n) is 3.78. The van der Waals surface area contributed by atoms with E-state index in [4.69, 9.17) is 9.59 Å². The quantitative estimate of drug-likeness (QED) is 0.105. The molecule has 3 aromatic carbocycles. The first-order valence-electron chi connectivity index (χ1n) is 8.49. The second-order valence-electron chi connectivity index (χ2n) is 5.81. The summed E-state index contributed by atoms with van der Waals surface area (Å²) >= 11 is 0. The number of benzene rings is 3. The summed E-state index contributed by atoms with van der Waals surface area (Å²) in [6, 6.07) is 11.2. The predicted molar refractivity (Wildman–Crippen MR) is 117 cm³/mol. The van der Waals surface area contributed by atoms with Gasteiger partial charge in [0.15, 0.2) is 23.0 Å². The van der Waals surface area contributed by atoms with Gasteiger partial charge in [-0.2, -0.15) is 0 Å². The molecular weight excluding hydrogens is 479 g/mol. The van der Waals surface area contributed by atoms with Gasteiger partial charge in [-0.1, -0.05) is 12.1 Å². The van der Waals surface area contributed by atoms with Gasteiger partial charge in [0.2, 0.25) is 0 Å². The minimum atomic E-state index is -0.480. The predicted octanol–water partition coefficient (Wildman–Crippen LogP) is 2.87. The Morgan fingerprint density at radius 3 is 1.27 bits per heavy atom. The Bertz CT molecular complexity index is 1050. The maximum absolute atomic E-state index is 9.85. The van der Waals surface area contributed by atoms with Crippen molar-refractivity contribution in [2.75, 3.05) is 0 Å². The summed E-state index contributed by atoms with van der Waals surface area (Å²) in [5.41, 5.74) is 0.994. The van der Waals surface area contributed by atoms with Crippen LogP contribution in [0.4, 0.5) is 11.4 Å². The molecule has 0 heterocycles. The zero-order chi connectivity index (χ0) is 24.3. The van der Waals surface area contributed by atoms with E-state index in [0.717, 1.165) is 12.1 Å². The summed E-state index contributed by atoms with van der Waals surface area (Å²) in [6.07, 6.45) is 2.50. The first kappa shape index (κ1) is 28.6. The van der Waals surface area contributed by atoms with Gasteiger partial charge in [0.25, 0.3) is 0 Å². The van der Waals surface area contributed by atoms with Crippen molar-refractivity contribution < 1.29 is 57.0 Å². The molecular formula is C22H18CoN2O8. The minimum absolute atomic E-state index is 0. The van der Waals surface area contributed by atoms with Crippen molar-refractivity contribution in [3.63, 3.8) is 0 Å². The molecule has 3 rings (SSSR count). The van der Waals surface area contributed by atoms with Crippen molar-refractivity contribution in [1.29, 1.82) is 0 Å². The first-order valence-corrected chi connectivity index (χ1v) is 8.49. The fourth-order valence-electron chi connectivity index (χ4n) is 2.41. The molecule has 173 valence electrons. The fourth-order valence-corrected chi connectivity index (χ4v) is 2.41. The zero-order valence-corrected chi connectivity index (χ0v) is 17.7. The van der Waals surface area contributed by atoms with E-state index in [1.165, 1.54) is 24.6 Å². The second-order valence-corrected chi connectivity index (χ2v) is 5.81. The molecule has 1 radical (unpaired) electrons. The third kappa shape index (κ3) is 7.68. The Labute approximate surface area is 198 Å². The molecule has 3 aromatic rings. The fraction of sp³-hybridized carbons (Fsp3) is 0. The van der Waals surface area contributed by atoms with Crippen LogP contribution >= 0.6 is 0 Å². The summed E-state index contributed by atoms with van der Waals surface area (Å²) in [5, 5.41) is 57.9. The van der Waals surface area contributed by atoms with E-state index >= 15 is 0 Å². The number of para-hydroxylation sites is 2. The number of hydrogen-bond donors (Lipinski definition) is 6. The smallest absolute Gasteiger partial charge is 0.545 e. The maximum Gasteiger partial charge on any atom is 2.00 e. The van der Waals surface area contributed by atoms with Crippen molar-refractivity contribution in [2.24, 2.45) is 9.98 Å². The average Bonchev–Trinajstić information content (AvgIpc) is 2.80. The molecule has 0 amide bonds. The van der Waals surface area contributed by atoms with Gasteiger partial charge in [-0.15, -0.1) is 0 Å². The molecule has 11 heteroatoms. The Balaban J connectivity index is 0.00000194. The van der Waals surface area contributed by atoms with Gasteiger partial charge in [0.1, 0.15) is 11.5 Å². The zero-order valence-electron chi connectivity index (χ0n) is 16.7. The summed E-state index contributed by atoms with van der Waals surface area (Å²) in [5.74, 6) is -2.28. The standard InChI is InChI=1S/C20H16N2O6.2CHO.Co/c23-13-5-11(19(27)17(25)7-13)9-21-15-3-1-2-4-16(15)22-10-12-6-14(24)8-18(26)20(12)28;2*1-2;/h1-10,23-28H;2*1H;/q;2*-1;+2. The molecule has 0 saturated carbocycles. The average molecular weight is 497 g/mol. The van der Waals surface area contributed by atoms with E-state index in [1.54, 1.807) is 24.3 Å². The van der Waals surface area contributed by atoms with Crippen LogP contribution in [0, 0.1) is 0 Å². The minimum Gasteiger partial charge on any atom is -0.545 e. The molecule has 33 heavy (non-hydrogen) atoms. The molecule has 0 spiro atoms. The largest absolute Gasteiger partial charge is 2.00 e. The van der Waals surface area contributed by atoms with Gasteiger partial charge >= 0.3 is 16.8 Å². The number of aromatic hydroxyl groups is 6. The van der Waals surface area contributed by atoms with Crippen molar-refractivity contribution in [3.05, 3.63) is 59.7 Å². The molecule has 0 unspecified atom stereocenters. The van der Waals surface area contributed by atoms with Crippen LogP contribution in [-0.4, -0.2) is 56.6 Å². The Morgan fingerprint density at radius 1 is 0.606 bits per heavy atom. The molecule has 0 bridgehead atoms. The molecule has 0 aliphatic carbocycles. The summed E-state index contributed by atoms with van der Waals surface area (Å²) in [7, 11) is 0. The van der Waals surface area contributed by atoms with Crippen LogP contribution < -0.4 is 0 Å². The van der Waals surface area contributed by atoms with Gasteiger partial charge in [0, 0.05) is 35.7 Å². The molecule has 0 aliphatic heterocycles. The maximum atomic E-state index is 9.85. The number of carbonyl (C=O) groups excluding carboxylic acids is 2. The van der Waals surface area contributed by atoms with Gasteiger partial charge in [0.05, 0.1) is 11.4 Å². The molecule has 0 atom stereocenters. The third-order valence-corrected chi connectivity index (χ3v) is 3.78. The Hall–Kier alpha value is -4.35. The Kier molecular flexibility index (Phi) is 12.0. The molecule has 0 aromatic heterocycles. The number of phenolic OH excluding ortho intramolecular Hbond substituents is 6. The molecule has 10 nitrogen and oxygen atoms in total. The van der Waals surface area contributed by atoms with Crippen LogP contribution in [0.1, 0.15) is 11.1 Å². The molecule has 6 N–H and O–H groups in total.